The lowest BCUT2D eigenvalue weighted by atomic mass is 9.99. The van der Waals surface area contributed by atoms with Crippen molar-refractivity contribution in [2.45, 2.75) is 86.2 Å². The number of tetrazole rings is 1. The van der Waals surface area contributed by atoms with E-state index in [-0.39, 0.29) is 37.5 Å². The molecule has 0 radical (unpaired) electrons. The predicted molar refractivity (Wildman–Crippen MR) is 237 cm³/mol. The van der Waals surface area contributed by atoms with E-state index in [4.69, 9.17) is 28.1 Å². The van der Waals surface area contributed by atoms with Gasteiger partial charge >= 0.3 is 0 Å². The highest BCUT2D eigenvalue weighted by Gasteiger charge is 2.34. The van der Waals surface area contributed by atoms with Crippen molar-refractivity contribution >= 4 is 52.0 Å². The standard InChI is InChI=1S/C43H50ClN13O4S/c1-56-36(20-28-23-48-33-10-3-2-9-30(28)33)41(60)50-24-31-29(26-15-19-57(38(58)21-26)25-37-52-54-55-53-37)13-14-32(44)39(31)62-42-27(8-7-18-47-42)22-49-34(12-6-17-46)40(59)51-35(43(56)61)11-4-5-16-45/h2-3,7-10,13-15,18-19,21,23,34-36,48-49H,4-6,11-12,16-17,20,22,24-25,45-46H2,1H3,(H,50,60)(H,51,59)(H,52,53,54,55)/t34-,35-,36-/m0/s1. The number of para-hydroxylation sites is 1. The SMILES string of the molecule is CN1C(=O)[C@H](CCCCN)NC(=O)[C@H](CCCN)NCc2cccnc2Sc2c(Cl)ccc(-c3ccn(Cc4nn[nH]n4)c(=O)c3)c2CNC(=O)[C@@H]1Cc1c[nH]c2ccccc12. The Bertz CT molecular complexity index is 2560. The highest BCUT2D eigenvalue weighted by molar-refractivity contribution is 7.99. The van der Waals surface area contributed by atoms with Gasteiger partial charge in [0.25, 0.3) is 5.56 Å². The molecule has 3 atom stereocenters. The molecular weight excluding hydrogens is 830 g/mol. The summed E-state index contributed by atoms with van der Waals surface area (Å²) in [6, 6.07) is 15.7. The van der Waals surface area contributed by atoms with Crippen molar-refractivity contribution < 1.29 is 14.4 Å². The Morgan fingerprint density at radius 3 is 2.53 bits per heavy atom. The number of nitrogens with two attached hydrogens (primary N) is 2. The van der Waals surface area contributed by atoms with Gasteiger partial charge in [0.05, 0.1) is 17.6 Å². The first-order valence-electron chi connectivity index (χ1n) is 20.5. The molecule has 19 heteroatoms. The van der Waals surface area contributed by atoms with Gasteiger partial charge in [-0.1, -0.05) is 58.9 Å². The van der Waals surface area contributed by atoms with Crippen LogP contribution in [0.25, 0.3) is 22.0 Å². The van der Waals surface area contributed by atoms with Gasteiger partial charge in [-0.25, -0.2) is 4.98 Å². The quantitative estimate of drug-likeness (QED) is 0.0876. The molecule has 2 aromatic carbocycles. The summed E-state index contributed by atoms with van der Waals surface area (Å²) in [6.07, 6.45) is 7.89. The molecule has 0 unspecified atom stereocenters. The number of aromatic nitrogens is 7. The van der Waals surface area contributed by atoms with Gasteiger partial charge in [0.15, 0.2) is 5.82 Å². The number of aromatic amines is 2. The van der Waals surface area contributed by atoms with Crippen LogP contribution in [0.2, 0.25) is 5.02 Å². The smallest absolute Gasteiger partial charge is 0.251 e. The van der Waals surface area contributed by atoms with Gasteiger partial charge in [-0.2, -0.15) is 5.21 Å². The van der Waals surface area contributed by atoms with Crippen molar-refractivity contribution in [1.29, 1.82) is 0 Å². The second-order valence-corrected chi connectivity index (χ2v) is 16.5. The summed E-state index contributed by atoms with van der Waals surface area (Å²) in [5, 5.41) is 25.5. The lowest BCUT2D eigenvalue weighted by molar-refractivity contribution is -0.142. The van der Waals surface area contributed by atoms with E-state index in [1.165, 1.54) is 27.3 Å². The van der Waals surface area contributed by atoms with Crippen molar-refractivity contribution in [3.63, 3.8) is 0 Å². The van der Waals surface area contributed by atoms with Gasteiger partial charge in [0.1, 0.15) is 17.1 Å². The normalized spacial score (nSPS) is 17.9. The molecule has 9 N–H and O–H groups in total. The number of unbranched alkanes of at least 4 members (excludes halogenated alkanes) is 1. The molecule has 0 aliphatic carbocycles. The van der Waals surface area contributed by atoms with Gasteiger partial charge in [0.2, 0.25) is 17.7 Å². The number of fused-ring (bicyclic) bond motifs is 3. The molecule has 1 aliphatic heterocycles. The summed E-state index contributed by atoms with van der Waals surface area (Å²) < 4.78 is 1.47. The van der Waals surface area contributed by atoms with Crippen LogP contribution < -0.4 is 33.0 Å². The molecule has 1 aliphatic rings. The van der Waals surface area contributed by atoms with E-state index in [0.29, 0.717) is 82.7 Å². The summed E-state index contributed by atoms with van der Waals surface area (Å²) >= 11 is 8.38. The van der Waals surface area contributed by atoms with Crippen LogP contribution in [0.4, 0.5) is 0 Å². The zero-order valence-corrected chi connectivity index (χ0v) is 35.8. The molecule has 7 rings (SSSR count). The van der Waals surface area contributed by atoms with Crippen molar-refractivity contribution in [2.24, 2.45) is 11.5 Å². The maximum atomic E-state index is 14.8. The Morgan fingerprint density at radius 1 is 0.919 bits per heavy atom. The summed E-state index contributed by atoms with van der Waals surface area (Å²) in [5.41, 5.74) is 15.9. The van der Waals surface area contributed by atoms with Gasteiger partial charge in [-0.3, -0.25) is 19.2 Å². The van der Waals surface area contributed by atoms with Crippen LogP contribution in [-0.4, -0.2) is 96.0 Å². The summed E-state index contributed by atoms with van der Waals surface area (Å²) in [7, 11) is 1.60. The summed E-state index contributed by atoms with van der Waals surface area (Å²) in [4.78, 5) is 67.2. The van der Waals surface area contributed by atoms with Crippen LogP contribution in [0.1, 0.15) is 54.6 Å². The van der Waals surface area contributed by atoms with Gasteiger partial charge in [-0.15, -0.1) is 10.2 Å². The number of carbonyl (C=O) groups is 3. The highest BCUT2D eigenvalue weighted by Crippen LogP contribution is 2.41. The van der Waals surface area contributed by atoms with Crippen molar-refractivity contribution in [3.05, 3.63) is 117 Å². The molecule has 4 aromatic heterocycles. The number of hydrogen-bond donors (Lipinski definition) is 7. The summed E-state index contributed by atoms with van der Waals surface area (Å²) in [6.45, 7) is 1.16. The molecule has 0 saturated carbocycles. The van der Waals surface area contributed by atoms with E-state index in [1.54, 1.807) is 31.6 Å². The van der Waals surface area contributed by atoms with E-state index in [0.717, 1.165) is 22.0 Å². The number of pyridine rings is 2. The fraction of sp³-hybridized carbons (Fsp3) is 0.349. The Morgan fingerprint density at radius 2 is 1.74 bits per heavy atom. The van der Waals surface area contributed by atoms with Crippen LogP contribution in [0.5, 0.6) is 0 Å². The molecule has 0 bridgehead atoms. The van der Waals surface area contributed by atoms with E-state index >= 15 is 0 Å². The van der Waals surface area contributed by atoms with E-state index in [2.05, 4.69) is 41.6 Å². The Kier molecular flexibility index (Phi) is 14.8. The average Bonchev–Trinajstić information content (AvgIpc) is 3.96. The molecule has 62 heavy (non-hydrogen) atoms. The van der Waals surface area contributed by atoms with Crippen molar-refractivity contribution in [3.8, 4) is 11.1 Å². The molecule has 0 fully saturated rings. The Hall–Kier alpha value is -5.92. The third-order valence-corrected chi connectivity index (χ3v) is 12.7. The largest absolute Gasteiger partial charge is 0.361 e. The first-order chi connectivity index (χ1) is 30.1. The number of benzene rings is 2. The second kappa shape index (κ2) is 20.8. The number of carbonyl (C=O) groups excluding carboxylic acids is 3. The lowest BCUT2D eigenvalue weighted by Gasteiger charge is -2.32. The minimum Gasteiger partial charge on any atom is -0.361 e. The molecule has 0 saturated heterocycles. The van der Waals surface area contributed by atoms with Gasteiger partial charge in [-0.05, 0) is 97.3 Å². The number of nitrogens with one attached hydrogen (secondary N) is 5. The van der Waals surface area contributed by atoms with Crippen LogP contribution in [0, 0.1) is 0 Å². The van der Waals surface area contributed by atoms with E-state index < -0.39 is 29.9 Å². The number of H-pyrrole nitrogens is 2. The number of nitrogens with zero attached hydrogens (tertiary/aromatic N) is 6. The highest BCUT2D eigenvalue weighted by atomic mass is 35.5. The molecule has 0 spiro atoms. The predicted octanol–water partition coefficient (Wildman–Crippen LogP) is 3.27. The number of rotatable bonds is 12. The van der Waals surface area contributed by atoms with E-state index in [1.807, 2.05) is 48.7 Å². The molecule has 17 nitrogen and oxygen atoms in total. The first-order valence-corrected chi connectivity index (χ1v) is 21.7. The Labute approximate surface area is 367 Å². The lowest BCUT2D eigenvalue weighted by Crippen LogP contribution is -2.57. The monoisotopic (exact) mass is 879 g/mol. The maximum Gasteiger partial charge on any atom is 0.251 e. The molecular formula is C43H50ClN13O4S. The first kappa shape index (κ1) is 44.1. The van der Waals surface area contributed by atoms with Gasteiger partial charge in [0, 0.05) is 67.0 Å². The van der Waals surface area contributed by atoms with Crippen molar-refractivity contribution in [2.75, 3.05) is 20.1 Å². The van der Waals surface area contributed by atoms with E-state index in [9.17, 15) is 19.2 Å². The molecule has 6 aromatic rings. The van der Waals surface area contributed by atoms with Crippen LogP contribution in [-0.2, 0) is 40.4 Å². The molecule has 5 heterocycles. The van der Waals surface area contributed by atoms with Crippen molar-refractivity contribution in [1.82, 2.24) is 56.0 Å². The number of hydrogen-bond acceptors (Lipinski definition) is 12. The maximum absolute atomic E-state index is 14.8. The third kappa shape index (κ3) is 10.4. The molecule has 324 valence electrons. The van der Waals surface area contributed by atoms with Crippen LogP contribution >= 0.6 is 23.4 Å². The Balaban J connectivity index is 1.33. The van der Waals surface area contributed by atoms with Crippen LogP contribution in [0.15, 0.2) is 94.0 Å². The second-order valence-electron chi connectivity index (χ2n) is 15.1. The number of likely N-dealkylation sites (N-methyl/N-ethyl adjacent to an activating group) is 1. The minimum absolute atomic E-state index is 0.0202. The molecule has 3 amide bonds. The van der Waals surface area contributed by atoms with Crippen LogP contribution in [0.3, 0.4) is 0 Å². The minimum atomic E-state index is -1.01. The zero-order chi connectivity index (χ0) is 43.6. The number of amides is 3. The fourth-order valence-electron chi connectivity index (χ4n) is 7.62. The number of halogens is 1. The fourth-order valence-corrected chi connectivity index (χ4v) is 8.96. The average molecular weight is 880 g/mol. The van der Waals surface area contributed by atoms with Gasteiger partial charge < -0.3 is 41.9 Å². The summed E-state index contributed by atoms with van der Waals surface area (Å²) in [5.74, 6) is -0.841. The zero-order valence-electron chi connectivity index (χ0n) is 34.3. The third-order valence-electron chi connectivity index (χ3n) is 11.0. The topological polar surface area (TPSA) is 248 Å².